The van der Waals surface area contributed by atoms with E-state index in [1.807, 2.05) is 0 Å². The summed E-state index contributed by atoms with van der Waals surface area (Å²) in [4.78, 5) is 3.60. The van der Waals surface area contributed by atoms with E-state index in [0.717, 1.165) is 24.5 Å². The third-order valence-corrected chi connectivity index (χ3v) is 1.38. The second kappa shape index (κ2) is 1.95. The molecule has 0 amide bonds. The lowest BCUT2D eigenvalue weighted by molar-refractivity contribution is 0.555. The molecule has 0 heterocycles. The van der Waals surface area contributed by atoms with E-state index in [4.69, 9.17) is 5.26 Å². The van der Waals surface area contributed by atoms with Crippen molar-refractivity contribution in [2.45, 2.75) is 19.8 Å². The predicted octanol–water partition coefficient (Wildman–Crippen LogP) is 1.34. The first kappa shape index (κ1) is 5.30. The normalized spacial score (nSPS) is 26.0. The number of nitriles is 1. The molecule has 2 nitrogen and oxygen atoms in total. The van der Waals surface area contributed by atoms with E-state index in [1.54, 1.807) is 6.19 Å². The molecule has 8 heavy (non-hydrogen) atoms. The quantitative estimate of drug-likeness (QED) is 0.431. The van der Waals surface area contributed by atoms with E-state index in [-0.39, 0.29) is 0 Å². The Morgan fingerprint density at radius 2 is 2.38 bits per heavy atom. The molecule has 0 aromatic carbocycles. The molecule has 0 atom stereocenters. The maximum absolute atomic E-state index is 8.05. The van der Waals surface area contributed by atoms with E-state index >= 15 is 0 Å². The van der Waals surface area contributed by atoms with Gasteiger partial charge in [-0.3, -0.25) is 0 Å². The van der Waals surface area contributed by atoms with Crippen LogP contribution in [0.25, 0.3) is 0 Å². The molecule has 0 aromatic heterocycles. The molecule has 0 aliphatic heterocycles. The summed E-state index contributed by atoms with van der Waals surface area (Å²) in [7, 11) is 0. The number of rotatable bonds is 0. The van der Waals surface area contributed by atoms with Crippen LogP contribution in [0.1, 0.15) is 19.8 Å². The predicted molar refractivity (Wildman–Crippen MR) is 31.4 cm³/mol. The largest absolute Gasteiger partial charge is 0.205 e. The van der Waals surface area contributed by atoms with Gasteiger partial charge >= 0.3 is 0 Å². The second-order valence-electron chi connectivity index (χ2n) is 2.29. The summed E-state index contributed by atoms with van der Waals surface area (Å²) in [6, 6.07) is 0. The van der Waals surface area contributed by atoms with E-state index in [2.05, 4.69) is 11.9 Å². The topological polar surface area (TPSA) is 36.1 Å². The fourth-order valence-corrected chi connectivity index (χ4v) is 0.907. The third-order valence-electron chi connectivity index (χ3n) is 1.38. The molecular formula is C6H8N2. The van der Waals surface area contributed by atoms with Crippen LogP contribution in [0.2, 0.25) is 0 Å². The van der Waals surface area contributed by atoms with Gasteiger partial charge in [0.15, 0.2) is 0 Å². The molecule has 1 rings (SSSR count). The van der Waals surface area contributed by atoms with Gasteiger partial charge in [-0.05, 0) is 18.8 Å². The summed E-state index contributed by atoms with van der Waals surface area (Å²) in [5, 5.41) is 8.05. The van der Waals surface area contributed by atoms with Crippen LogP contribution in [0.3, 0.4) is 0 Å². The van der Waals surface area contributed by atoms with Gasteiger partial charge in [-0.25, -0.2) is 0 Å². The summed E-state index contributed by atoms with van der Waals surface area (Å²) in [5.41, 5.74) is 1.07. The minimum Gasteiger partial charge on any atom is -0.183 e. The van der Waals surface area contributed by atoms with Gasteiger partial charge in [-0.1, -0.05) is 6.92 Å². The maximum atomic E-state index is 8.05. The minimum absolute atomic E-state index is 0.766. The Hall–Kier alpha value is -0.840. The molecule has 0 aromatic rings. The average molecular weight is 108 g/mol. The van der Waals surface area contributed by atoms with Crippen molar-refractivity contribution in [2.24, 2.45) is 10.9 Å². The lowest BCUT2D eigenvalue weighted by Gasteiger charge is -2.21. The van der Waals surface area contributed by atoms with E-state index in [9.17, 15) is 0 Å². The fraction of sp³-hybridized carbons (Fsp3) is 0.667. The summed E-state index contributed by atoms with van der Waals surface area (Å²) in [6.07, 6.45) is 3.85. The summed E-state index contributed by atoms with van der Waals surface area (Å²) >= 11 is 0. The molecule has 1 fully saturated rings. The minimum atomic E-state index is 0.766. The van der Waals surface area contributed by atoms with Crippen LogP contribution in [0.4, 0.5) is 0 Å². The van der Waals surface area contributed by atoms with Gasteiger partial charge in [0.1, 0.15) is 0 Å². The van der Waals surface area contributed by atoms with Crippen molar-refractivity contribution in [1.82, 2.24) is 0 Å². The first-order valence-electron chi connectivity index (χ1n) is 2.77. The highest BCUT2D eigenvalue weighted by molar-refractivity contribution is 5.90. The monoisotopic (exact) mass is 108 g/mol. The highest BCUT2D eigenvalue weighted by Crippen LogP contribution is 2.22. The molecular weight excluding hydrogens is 100 g/mol. The SMILES string of the molecule is CC1CC(=NC#N)C1. The van der Waals surface area contributed by atoms with Crippen LogP contribution >= 0.6 is 0 Å². The fourth-order valence-electron chi connectivity index (χ4n) is 0.907. The van der Waals surface area contributed by atoms with Crippen LogP contribution in [-0.2, 0) is 0 Å². The summed E-state index contributed by atoms with van der Waals surface area (Å²) in [6.45, 7) is 2.16. The first-order chi connectivity index (χ1) is 3.83. The van der Waals surface area contributed by atoms with Crippen molar-refractivity contribution in [3.63, 3.8) is 0 Å². The zero-order chi connectivity index (χ0) is 5.98. The van der Waals surface area contributed by atoms with E-state index < -0.39 is 0 Å². The van der Waals surface area contributed by atoms with Crippen LogP contribution < -0.4 is 0 Å². The Kier molecular flexibility index (Phi) is 1.29. The Morgan fingerprint density at radius 1 is 1.75 bits per heavy atom. The van der Waals surface area contributed by atoms with Crippen molar-refractivity contribution in [3.05, 3.63) is 0 Å². The van der Waals surface area contributed by atoms with E-state index in [1.165, 1.54) is 0 Å². The number of hydrogen-bond donors (Lipinski definition) is 0. The van der Waals surface area contributed by atoms with Crippen molar-refractivity contribution in [2.75, 3.05) is 0 Å². The molecule has 0 saturated heterocycles. The Balaban J connectivity index is 2.37. The Bertz CT molecular complexity index is 144. The summed E-state index contributed by atoms with van der Waals surface area (Å²) in [5.74, 6) is 0.766. The van der Waals surface area contributed by atoms with Crippen molar-refractivity contribution >= 4 is 5.71 Å². The van der Waals surface area contributed by atoms with Crippen LogP contribution in [0.5, 0.6) is 0 Å². The van der Waals surface area contributed by atoms with Gasteiger partial charge in [-0.2, -0.15) is 10.3 Å². The number of hydrogen-bond acceptors (Lipinski definition) is 2. The molecule has 0 N–H and O–H groups in total. The molecule has 2 heteroatoms. The van der Waals surface area contributed by atoms with Crippen molar-refractivity contribution in [3.8, 4) is 6.19 Å². The molecule has 1 aliphatic carbocycles. The number of nitrogens with zero attached hydrogens (tertiary/aromatic N) is 2. The Labute approximate surface area is 48.8 Å². The van der Waals surface area contributed by atoms with Crippen LogP contribution in [-0.4, -0.2) is 5.71 Å². The van der Waals surface area contributed by atoms with Crippen LogP contribution in [0, 0.1) is 17.4 Å². The van der Waals surface area contributed by atoms with Gasteiger partial charge in [0, 0.05) is 5.71 Å². The van der Waals surface area contributed by atoms with Gasteiger partial charge in [0.05, 0.1) is 0 Å². The Morgan fingerprint density at radius 3 is 2.75 bits per heavy atom. The standard InChI is InChI=1S/C6H8N2/c1-5-2-6(3-5)8-4-7/h5H,2-3H2,1H3. The summed E-state index contributed by atoms with van der Waals surface area (Å²) < 4.78 is 0. The van der Waals surface area contributed by atoms with Crippen molar-refractivity contribution < 1.29 is 0 Å². The van der Waals surface area contributed by atoms with Crippen molar-refractivity contribution in [1.29, 1.82) is 5.26 Å². The molecule has 0 radical (unpaired) electrons. The lowest BCUT2D eigenvalue weighted by Crippen LogP contribution is -2.19. The maximum Gasteiger partial charge on any atom is 0.205 e. The van der Waals surface area contributed by atoms with Gasteiger partial charge in [-0.15, -0.1) is 0 Å². The highest BCUT2D eigenvalue weighted by atomic mass is 14.7. The van der Waals surface area contributed by atoms with Crippen LogP contribution in [0.15, 0.2) is 4.99 Å². The molecule has 1 aliphatic rings. The smallest absolute Gasteiger partial charge is 0.183 e. The molecule has 0 unspecified atom stereocenters. The first-order valence-corrected chi connectivity index (χ1v) is 2.77. The lowest BCUT2D eigenvalue weighted by atomic mass is 9.85. The van der Waals surface area contributed by atoms with Gasteiger partial charge in [0.25, 0.3) is 0 Å². The van der Waals surface area contributed by atoms with E-state index in [0.29, 0.717) is 0 Å². The molecule has 0 spiro atoms. The third kappa shape index (κ3) is 0.865. The highest BCUT2D eigenvalue weighted by Gasteiger charge is 2.19. The second-order valence-corrected chi connectivity index (χ2v) is 2.29. The van der Waals surface area contributed by atoms with Gasteiger partial charge in [0.2, 0.25) is 6.19 Å². The average Bonchev–Trinajstić information content (AvgIpc) is 1.64. The zero-order valence-corrected chi connectivity index (χ0v) is 4.89. The van der Waals surface area contributed by atoms with Gasteiger partial charge < -0.3 is 0 Å². The molecule has 1 saturated carbocycles. The molecule has 42 valence electrons. The zero-order valence-electron chi connectivity index (χ0n) is 4.89. The molecule has 0 bridgehead atoms. The number of aliphatic imine (C=N–C) groups is 1.